The van der Waals surface area contributed by atoms with Crippen molar-refractivity contribution in [2.45, 2.75) is 13.5 Å². The molecule has 0 aliphatic carbocycles. The molecule has 0 spiro atoms. The van der Waals surface area contributed by atoms with Crippen LogP contribution < -0.4 is 10.2 Å². The summed E-state index contributed by atoms with van der Waals surface area (Å²) in [6.45, 7) is 4.17. The van der Waals surface area contributed by atoms with Crippen LogP contribution in [0.5, 0.6) is 0 Å². The molecule has 3 heteroatoms. The van der Waals surface area contributed by atoms with Gasteiger partial charge in [0.15, 0.2) is 0 Å². The second-order valence-corrected chi connectivity index (χ2v) is 5.06. The van der Waals surface area contributed by atoms with Gasteiger partial charge in [-0.2, -0.15) is 11.8 Å². The van der Waals surface area contributed by atoms with E-state index in [1.54, 1.807) is 0 Å². The number of hydrogen-bond acceptors (Lipinski definition) is 3. The Morgan fingerprint density at radius 2 is 2.12 bits per heavy atom. The van der Waals surface area contributed by atoms with Gasteiger partial charge in [0.2, 0.25) is 0 Å². The summed E-state index contributed by atoms with van der Waals surface area (Å²) < 4.78 is 0. The van der Waals surface area contributed by atoms with E-state index >= 15 is 0 Å². The quantitative estimate of drug-likeness (QED) is 0.820. The summed E-state index contributed by atoms with van der Waals surface area (Å²) in [5.74, 6) is 1.17. The number of rotatable bonds is 6. The first-order valence-corrected chi connectivity index (χ1v) is 7.02. The Bertz CT molecular complexity index is 326. The van der Waals surface area contributed by atoms with E-state index in [-0.39, 0.29) is 0 Å². The largest absolute Gasteiger partial charge is 0.374 e. The number of benzene rings is 1. The molecule has 16 heavy (non-hydrogen) atoms. The number of nitrogens with zero attached hydrogens (tertiary/aromatic N) is 1. The van der Waals surface area contributed by atoms with Crippen LogP contribution in [0.25, 0.3) is 0 Å². The maximum atomic E-state index is 3.23. The van der Waals surface area contributed by atoms with Gasteiger partial charge in [-0.3, -0.25) is 0 Å². The van der Waals surface area contributed by atoms with Gasteiger partial charge in [0.05, 0.1) is 0 Å². The molecule has 0 aliphatic rings. The maximum absolute atomic E-state index is 3.23. The highest BCUT2D eigenvalue weighted by atomic mass is 32.2. The molecule has 1 N–H and O–H groups in total. The topological polar surface area (TPSA) is 15.3 Å². The minimum absolute atomic E-state index is 0.931. The predicted molar refractivity (Wildman–Crippen MR) is 75.6 cm³/mol. The Balaban J connectivity index is 2.84. The normalized spacial score (nSPS) is 10.5. The third-order valence-electron chi connectivity index (χ3n) is 2.64. The Labute approximate surface area is 103 Å². The molecule has 0 fully saturated rings. The van der Waals surface area contributed by atoms with Crippen LogP contribution in [0.15, 0.2) is 18.2 Å². The Morgan fingerprint density at radius 3 is 2.75 bits per heavy atom. The van der Waals surface area contributed by atoms with Crippen molar-refractivity contribution in [1.29, 1.82) is 0 Å². The first kappa shape index (κ1) is 13.4. The molecule has 0 bridgehead atoms. The van der Waals surface area contributed by atoms with Gasteiger partial charge in [0.1, 0.15) is 0 Å². The van der Waals surface area contributed by atoms with E-state index in [0.717, 1.165) is 13.1 Å². The van der Waals surface area contributed by atoms with Crippen LogP contribution in [0.1, 0.15) is 11.1 Å². The first-order valence-electron chi connectivity index (χ1n) is 5.63. The molecule has 0 amide bonds. The smallest absolute Gasteiger partial charge is 0.0409 e. The van der Waals surface area contributed by atoms with Gasteiger partial charge in [-0.15, -0.1) is 0 Å². The minimum Gasteiger partial charge on any atom is -0.374 e. The Morgan fingerprint density at radius 1 is 1.38 bits per heavy atom. The Kier molecular flexibility index (Phi) is 5.71. The van der Waals surface area contributed by atoms with Crippen LogP contribution in [0.2, 0.25) is 0 Å². The average Bonchev–Trinajstić information content (AvgIpc) is 2.26. The number of nitrogens with one attached hydrogen (secondary N) is 1. The summed E-state index contributed by atoms with van der Waals surface area (Å²) >= 11 is 1.89. The van der Waals surface area contributed by atoms with Gasteiger partial charge in [0.25, 0.3) is 0 Å². The van der Waals surface area contributed by atoms with Gasteiger partial charge in [-0.1, -0.05) is 17.7 Å². The number of anilines is 1. The van der Waals surface area contributed by atoms with Gasteiger partial charge in [0, 0.05) is 31.6 Å². The molecule has 2 nitrogen and oxygen atoms in total. The standard InChI is InChI=1S/C13H22N2S/c1-11-5-6-13(12(9-11)10-14-2)15(3)7-8-16-4/h5-6,9,14H,7-8,10H2,1-4H3. The molecule has 1 aromatic rings. The minimum atomic E-state index is 0.931. The highest BCUT2D eigenvalue weighted by molar-refractivity contribution is 7.98. The monoisotopic (exact) mass is 238 g/mol. The third kappa shape index (κ3) is 3.72. The van der Waals surface area contributed by atoms with Crippen molar-refractivity contribution in [2.75, 3.05) is 37.5 Å². The third-order valence-corrected chi connectivity index (χ3v) is 3.24. The Hall–Kier alpha value is -0.670. The average molecular weight is 238 g/mol. The molecule has 0 atom stereocenters. The molecule has 0 aromatic heterocycles. The lowest BCUT2D eigenvalue weighted by Gasteiger charge is -2.22. The second-order valence-electron chi connectivity index (χ2n) is 4.08. The summed E-state index contributed by atoms with van der Waals surface area (Å²) in [6.07, 6.45) is 2.15. The molecule has 1 rings (SSSR count). The van der Waals surface area contributed by atoms with Crippen molar-refractivity contribution >= 4 is 17.4 Å². The summed E-state index contributed by atoms with van der Waals surface area (Å²) in [4.78, 5) is 2.34. The van der Waals surface area contributed by atoms with Crippen LogP contribution in [0.4, 0.5) is 5.69 Å². The van der Waals surface area contributed by atoms with E-state index < -0.39 is 0 Å². The summed E-state index contributed by atoms with van der Waals surface area (Å²) in [5, 5.41) is 3.23. The zero-order chi connectivity index (χ0) is 12.0. The van der Waals surface area contributed by atoms with E-state index in [9.17, 15) is 0 Å². The molecule has 90 valence electrons. The van der Waals surface area contributed by atoms with Crippen LogP contribution in [0.3, 0.4) is 0 Å². The molecule has 0 unspecified atom stereocenters. The second kappa shape index (κ2) is 6.81. The first-order chi connectivity index (χ1) is 7.69. The molecular weight excluding hydrogens is 216 g/mol. The number of hydrogen-bond donors (Lipinski definition) is 1. The van der Waals surface area contributed by atoms with E-state index in [4.69, 9.17) is 0 Å². The zero-order valence-corrected chi connectivity index (χ0v) is 11.5. The zero-order valence-electron chi connectivity index (χ0n) is 10.7. The number of aryl methyl sites for hydroxylation is 1. The lowest BCUT2D eigenvalue weighted by molar-refractivity contribution is 0.809. The van der Waals surface area contributed by atoms with E-state index in [2.05, 4.69) is 48.6 Å². The highest BCUT2D eigenvalue weighted by Crippen LogP contribution is 2.21. The van der Waals surface area contributed by atoms with E-state index in [0.29, 0.717) is 0 Å². The fraction of sp³-hybridized carbons (Fsp3) is 0.538. The molecule has 0 heterocycles. The van der Waals surface area contributed by atoms with Crippen molar-refractivity contribution in [2.24, 2.45) is 0 Å². The fourth-order valence-corrected chi connectivity index (χ4v) is 2.22. The van der Waals surface area contributed by atoms with Crippen molar-refractivity contribution in [3.8, 4) is 0 Å². The SMILES string of the molecule is CNCc1cc(C)ccc1N(C)CCSC. The van der Waals surface area contributed by atoms with Crippen molar-refractivity contribution < 1.29 is 0 Å². The highest BCUT2D eigenvalue weighted by Gasteiger charge is 2.06. The molecular formula is C13H22N2S. The lowest BCUT2D eigenvalue weighted by Crippen LogP contribution is -2.22. The molecule has 0 saturated carbocycles. The number of thioether (sulfide) groups is 1. The summed E-state index contributed by atoms with van der Waals surface area (Å²) in [6, 6.07) is 6.67. The van der Waals surface area contributed by atoms with Gasteiger partial charge in [-0.25, -0.2) is 0 Å². The van der Waals surface area contributed by atoms with Crippen LogP contribution >= 0.6 is 11.8 Å². The summed E-state index contributed by atoms with van der Waals surface area (Å²) in [5.41, 5.74) is 4.05. The van der Waals surface area contributed by atoms with Crippen LogP contribution in [0, 0.1) is 6.92 Å². The molecule has 0 aliphatic heterocycles. The van der Waals surface area contributed by atoms with Crippen LogP contribution in [-0.2, 0) is 6.54 Å². The van der Waals surface area contributed by atoms with Gasteiger partial charge >= 0.3 is 0 Å². The summed E-state index contributed by atoms with van der Waals surface area (Å²) in [7, 11) is 4.16. The van der Waals surface area contributed by atoms with Gasteiger partial charge in [-0.05, 0) is 31.9 Å². The predicted octanol–water partition coefficient (Wildman–Crippen LogP) is 2.51. The lowest BCUT2D eigenvalue weighted by atomic mass is 10.1. The molecule has 1 aromatic carbocycles. The van der Waals surface area contributed by atoms with Crippen molar-refractivity contribution in [1.82, 2.24) is 5.32 Å². The fourth-order valence-electron chi connectivity index (χ4n) is 1.77. The van der Waals surface area contributed by atoms with E-state index in [1.807, 2.05) is 18.8 Å². The van der Waals surface area contributed by atoms with Gasteiger partial charge < -0.3 is 10.2 Å². The maximum Gasteiger partial charge on any atom is 0.0409 e. The molecule has 0 radical (unpaired) electrons. The molecule has 0 saturated heterocycles. The van der Waals surface area contributed by atoms with Crippen molar-refractivity contribution in [3.63, 3.8) is 0 Å². The van der Waals surface area contributed by atoms with E-state index in [1.165, 1.54) is 22.6 Å². The van der Waals surface area contributed by atoms with Crippen molar-refractivity contribution in [3.05, 3.63) is 29.3 Å². The van der Waals surface area contributed by atoms with Crippen LogP contribution in [-0.4, -0.2) is 32.6 Å².